The van der Waals surface area contributed by atoms with E-state index in [0.29, 0.717) is 0 Å². The van der Waals surface area contributed by atoms with Gasteiger partial charge in [0, 0.05) is 0 Å². The zero-order valence-corrected chi connectivity index (χ0v) is 9.57. The molecule has 0 saturated heterocycles. The third-order valence-corrected chi connectivity index (χ3v) is 3.35. The standard InChI is InChI=1S/C9H6FN5O2S/c10-8-2-1-7(3-6(8)4-11)18(16,17)15-9-12-5-13-14-9/h1-3,5H,(H2,12,13,14,15). The molecule has 0 amide bonds. The number of halogens is 1. The van der Waals surface area contributed by atoms with Crippen LogP contribution in [0.3, 0.4) is 0 Å². The van der Waals surface area contributed by atoms with Gasteiger partial charge in [-0.3, -0.25) is 0 Å². The maximum Gasteiger partial charge on any atom is 0.264 e. The van der Waals surface area contributed by atoms with Crippen molar-refractivity contribution in [2.75, 3.05) is 4.72 Å². The first-order valence-corrected chi connectivity index (χ1v) is 6.09. The predicted molar refractivity (Wildman–Crippen MR) is 58.3 cm³/mol. The molecule has 0 aliphatic carbocycles. The summed E-state index contributed by atoms with van der Waals surface area (Å²) in [5.74, 6) is -0.853. The average Bonchev–Trinajstić information content (AvgIpc) is 2.81. The van der Waals surface area contributed by atoms with Gasteiger partial charge in [-0.05, 0) is 18.2 Å². The summed E-state index contributed by atoms with van der Waals surface area (Å²) >= 11 is 0. The minimum atomic E-state index is -3.93. The molecule has 0 aliphatic heterocycles. The van der Waals surface area contributed by atoms with Crippen molar-refractivity contribution in [3.63, 3.8) is 0 Å². The normalized spacial score (nSPS) is 10.9. The highest BCUT2D eigenvalue weighted by Crippen LogP contribution is 2.16. The minimum Gasteiger partial charge on any atom is -0.248 e. The van der Waals surface area contributed by atoms with Crippen molar-refractivity contribution in [2.24, 2.45) is 0 Å². The van der Waals surface area contributed by atoms with Crippen LogP contribution in [-0.2, 0) is 10.0 Å². The van der Waals surface area contributed by atoms with Crippen LogP contribution in [-0.4, -0.2) is 23.6 Å². The molecular weight excluding hydrogens is 261 g/mol. The molecule has 0 aliphatic rings. The van der Waals surface area contributed by atoms with E-state index in [2.05, 4.69) is 19.9 Å². The Labute approximate surface area is 101 Å². The Morgan fingerprint density at radius 1 is 1.44 bits per heavy atom. The molecule has 0 unspecified atom stereocenters. The number of nitriles is 1. The van der Waals surface area contributed by atoms with Gasteiger partial charge in [-0.1, -0.05) is 0 Å². The number of nitrogens with one attached hydrogen (secondary N) is 2. The summed E-state index contributed by atoms with van der Waals surface area (Å²) < 4.78 is 38.9. The molecule has 92 valence electrons. The molecule has 2 N–H and O–H groups in total. The highest BCUT2D eigenvalue weighted by molar-refractivity contribution is 7.92. The van der Waals surface area contributed by atoms with E-state index < -0.39 is 15.8 Å². The van der Waals surface area contributed by atoms with Crippen molar-refractivity contribution in [1.29, 1.82) is 5.26 Å². The summed E-state index contributed by atoms with van der Waals surface area (Å²) in [5, 5.41) is 14.4. The number of rotatable bonds is 3. The third kappa shape index (κ3) is 2.28. The van der Waals surface area contributed by atoms with Crippen molar-refractivity contribution in [3.05, 3.63) is 35.9 Å². The molecule has 2 aromatic rings. The van der Waals surface area contributed by atoms with Gasteiger partial charge in [0.05, 0.1) is 10.5 Å². The van der Waals surface area contributed by atoms with Gasteiger partial charge in [-0.15, -0.1) is 0 Å². The predicted octanol–water partition coefficient (Wildman–Crippen LogP) is 0.616. The van der Waals surface area contributed by atoms with E-state index in [1.54, 1.807) is 6.07 Å². The summed E-state index contributed by atoms with van der Waals surface area (Å²) in [6.45, 7) is 0. The fourth-order valence-electron chi connectivity index (χ4n) is 1.20. The first-order chi connectivity index (χ1) is 8.53. The summed E-state index contributed by atoms with van der Waals surface area (Å²) in [5.41, 5.74) is -0.351. The van der Waals surface area contributed by atoms with Crippen molar-refractivity contribution < 1.29 is 12.8 Å². The van der Waals surface area contributed by atoms with Crippen LogP contribution < -0.4 is 4.72 Å². The van der Waals surface area contributed by atoms with Crippen LogP contribution in [0.25, 0.3) is 0 Å². The smallest absolute Gasteiger partial charge is 0.248 e. The molecule has 18 heavy (non-hydrogen) atoms. The van der Waals surface area contributed by atoms with Gasteiger partial charge in [-0.2, -0.15) is 15.3 Å². The fraction of sp³-hybridized carbons (Fsp3) is 0. The van der Waals surface area contributed by atoms with Gasteiger partial charge in [0.2, 0.25) is 5.95 Å². The molecule has 1 aromatic heterocycles. The van der Waals surface area contributed by atoms with Gasteiger partial charge in [0.1, 0.15) is 18.2 Å². The number of aromatic amines is 1. The number of H-pyrrole nitrogens is 1. The number of anilines is 1. The van der Waals surface area contributed by atoms with Crippen LogP contribution in [0.5, 0.6) is 0 Å². The second-order valence-corrected chi connectivity index (χ2v) is 4.88. The van der Waals surface area contributed by atoms with Crippen molar-refractivity contribution >= 4 is 16.0 Å². The largest absolute Gasteiger partial charge is 0.264 e. The van der Waals surface area contributed by atoms with Crippen molar-refractivity contribution in [2.45, 2.75) is 4.90 Å². The van der Waals surface area contributed by atoms with E-state index in [4.69, 9.17) is 5.26 Å². The quantitative estimate of drug-likeness (QED) is 0.846. The monoisotopic (exact) mass is 267 g/mol. The third-order valence-electron chi connectivity index (χ3n) is 2.01. The Balaban J connectivity index is 2.39. The van der Waals surface area contributed by atoms with Gasteiger partial charge in [-0.25, -0.2) is 22.6 Å². The zero-order chi connectivity index (χ0) is 13.2. The summed E-state index contributed by atoms with van der Waals surface area (Å²) in [4.78, 5) is 3.35. The fourth-order valence-corrected chi connectivity index (χ4v) is 2.19. The average molecular weight is 267 g/mol. The van der Waals surface area contributed by atoms with E-state index in [1.165, 1.54) is 0 Å². The van der Waals surface area contributed by atoms with Crippen LogP contribution in [0.1, 0.15) is 5.56 Å². The number of hydrogen-bond donors (Lipinski definition) is 2. The number of hydrogen-bond acceptors (Lipinski definition) is 5. The molecule has 0 atom stereocenters. The van der Waals surface area contributed by atoms with Gasteiger partial charge in [0.25, 0.3) is 10.0 Å². The molecule has 0 radical (unpaired) electrons. The first kappa shape index (κ1) is 12.0. The van der Waals surface area contributed by atoms with Gasteiger partial charge < -0.3 is 0 Å². The summed E-state index contributed by atoms with van der Waals surface area (Å²) in [7, 11) is -3.93. The molecule has 0 saturated carbocycles. The Morgan fingerprint density at radius 2 is 2.22 bits per heavy atom. The highest BCUT2D eigenvalue weighted by Gasteiger charge is 2.17. The SMILES string of the molecule is N#Cc1cc(S(=O)(=O)Nc2ncn[nH]2)ccc1F. The zero-order valence-electron chi connectivity index (χ0n) is 8.75. The lowest BCUT2D eigenvalue weighted by molar-refractivity contribution is 0.599. The van der Waals surface area contributed by atoms with Crippen molar-refractivity contribution in [3.8, 4) is 6.07 Å². The molecule has 0 fully saturated rings. The Kier molecular flexibility index (Phi) is 2.95. The lowest BCUT2D eigenvalue weighted by Gasteiger charge is -2.05. The number of benzene rings is 1. The van der Waals surface area contributed by atoms with Crippen LogP contribution >= 0.6 is 0 Å². The van der Waals surface area contributed by atoms with Crippen LogP contribution in [0, 0.1) is 17.1 Å². The number of sulfonamides is 1. The Morgan fingerprint density at radius 3 is 2.83 bits per heavy atom. The molecule has 7 nitrogen and oxygen atoms in total. The molecule has 9 heteroatoms. The van der Waals surface area contributed by atoms with E-state index in [1.807, 2.05) is 0 Å². The van der Waals surface area contributed by atoms with Gasteiger partial charge in [0.15, 0.2) is 0 Å². The lowest BCUT2D eigenvalue weighted by Crippen LogP contribution is -2.14. The number of aromatic nitrogens is 3. The van der Waals surface area contributed by atoms with Crippen molar-refractivity contribution in [1.82, 2.24) is 15.2 Å². The summed E-state index contributed by atoms with van der Waals surface area (Å²) in [6, 6.07) is 4.46. The van der Waals surface area contributed by atoms with E-state index in [0.717, 1.165) is 24.5 Å². The Hall–Kier alpha value is -2.47. The Bertz CT molecular complexity index is 705. The minimum absolute atomic E-state index is 0.0715. The molecule has 2 rings (SSSR count). The van der Waals surface area contributed by atoms with Gasteiger partial charge >= 0.3 is 0 Å². The van der Waals surface area contributed by atoms with E-state index in [-0.39, 0.29) is 16.4 Å². The highest BCUT2D eigenvalue weighted by atomic mass is 32.2. The first-order valence-electron chi connectivity index (χ1n) is 4.61. The van der Waals surface area contributed by atoms with Crippen LogP contribution in [0.4, 0.5) is 10.3 Å². The van der Waals surface area contributed by atoms with Crippen LogP contribution in [0.2, 0.25) is 0 Å². The second-order valence-electron chi connectivity index (χ2n) is 3.19. The van der Waals surface area contributed by atoms with Crippen LogP contribution in [0.15, 0.2) is 29.4 Å². The van der Waals surface area contributed by atoms with E-state index >= 15 is 0 Å². The molecular formula is C9H6FN5O2S. The second kappa shape index (κ2) is 4.42. The molecule has 0 spiro atoms. The lowest BCUT2D eigenvalue weighted by atomic mass is 10.2. The topological polar surface area (TPSA) is 112 Å². The number of nitrogens with zero attached hydrogens (tertiary/aromatic N) is 3. The maximum atomic E-state index is 13.1. The molecule has 1 heterocycles. The summed E-state index contributed by atoms with van der Waals surface area (Å²) in [6.07, 6.45) is 1.13. The maximum absolute atomic E-state index is 13.1. The molecule has 0 bridgehead atoms. The molecule has 1 aromatic carbocycles. The van der Waals surface area contributed by atoms with E-state index in [9.17, 15) is 12.8 Å².